The number of ether oxygens (including phenoxy) is 1. The van der Waals surface area contributed by atoms with Crippen molar-refractivity contribution in [3.05, 3.63) is 29.3 Å². The first-order valence-corrected chi connectivity index (χ1v) is 6.35. The van der Waals surface area contributed by atoms with Gasteiger partial charge >= 0.3 is 0 Å². The van der Waals surface area contributed by atoms with Crippen molar-refractivity contribution in [1.82, 2.24) is 0 Å². The summed E-state index contributed by atoms with van der Waals surface area (Å²) in [5.41, 5.74) is 1.55. The lowest BCUT2D eigenvalue weighted by atomic mass is 9.79. The van der Waals surface area contributed by atoms with Gasteiger partial charge < -0.3 is 9.84 Å². The van der Waals surface area contributed by atoms with Crippen LogP contribution in [0.3, 0.4) is 0 Å². The van der Waals surface area contributed by atoms with Crippen LogP contribution >= 0.6 is 0 Å². The van der Waals surface area contributed by atoms with E-state index < -0.39 is 0 Å². The Morgan fingerprint density at radius 1 is 1.44 bits per heavy atom. The summed E-state index contributed by atoms with van der Waals surface area (Å²) in [6.07, 6.45) is 0.864. The summed E-state index contributed by atoms with van der Waals surface area (Å²) in [7, 11) is 0. The van der Waals surface area contributed by atoms with Crippen molar-refractivity contribution in [2.24, 2.45) is 5.41 Å². The molecule has 1 aliphatic heterocycles. The molecule has 0 saturated heterocycles. The summed E-state index contributed by atoms with van der Waals surface area (Å²) >= 11 is 0. The number of hydrogen-bond acceptors (Lipinski definition) is 3. The predicted octanol–water partition coefficient (Wildman–Crippen LogP) is 2.74. The number of fused-ring (bicyclic) bond motifs is 1. The van der Waals surface area contributed by atoms with E-state index in [1.807, 2.05) is 39.0 Å². The summed E-state index contributed by atoms with van der Waals surface area (Å²) in [4.78, 5) is 12.2. The van der Waals surface area contributed by atoms with Crippen molar-refractivity contribution in [2.45, 2.75) is 39.7 Å². The van der Waals surface area contributed by atoms with Gasteiger partial charge in [0, 0.05) is 18.4 Å². The lowest BCUT2D eigenvalue weighted by Crippen LogP contribution is -2.40. The summed E-state index contributed by atoms with van der Waals surface area (Å²) in [5.74, 6) is 0.809. The molecule has 0 aromatic heterocycles. The first kappa shape index (κ1) is 13.1. The largest absolute Gasteiger partial charge is 0.489 e. The third-order valence-electron chi connectivity index (χ3n) is 3.70. The number of aliphatic hydroxyl groups is 1. The second-order valence-corrected chi connectivity index (χ2v) is 5.70. The molecule has 0 aliphatic carbocycles. The van der Waals surface area contributed by atoms with Crippen LogP contribution in [0.25, 0.3) is 0 Å². The summed E-state index contributed by atoms with van der Waals surface area (Å²) in [6, 6.07) is 5.70. The van der Waals surface area contributed by atoms with Crippen LogP contribution < -0.4 is 4.74 Å². The van der Waals surface area contributed by atoms with E-state index in [0.29, 0.717) is 24.2 Å². The Morgan fingerprint density at radius 2 is 2.17 bits per heavy atom. The van der Waals surface area contributed by atoms with Crippen LogP contribution in [-0.2, 0) is 0 Å². The van der Waals surface area contributed by atoms with E-state index in [9.17, 15) is 4.79 Å². The number of benzene rings is 1. The molecule has 0 spiro atoms. The molecule has 0 saturated carbocycles. The number of rotatable bonds is 3. The number of aryl methyl sites for hydroxylation is 1. The first-order chi connectivity index (χ1) is 8.44. The minimum Gasteiger partial charge on any atom is -0.489 e. The number of Topliss-reactive ketones (excluding diaryl/α,β-unsaturated/α-hetero) is 1. The van der Waals surface area contributed by atoms with Gasteiger partial charge in [-0.1, -0.05) is 25.5 Å². The zero-order chi connectivity index (χ0) is 13.3. The Morgan fingerprint density at radius 3 is 2.83 bits per heavy atom. The Hall–Kier alpha value is -1.35. The third kappa shape index (κ3) is 2.41. The zero-order valence-electron chi connectivity index (χ0n) is 11.2. The Labute approximate surface area is 108 Å². The molecule has 1 atom stereocenters. The average Bonchev–Trinajstić information content (AvgIpc) is 2.29. The maximum Gasteiger partial charge on any atom is 0.170 e. The second-order valence-electron chi connectivity index (χ2n) is 5.70. The Balaban J connectivity index is 2.28. The molecule has 98 valence electrons. The van der Waals surface area contributed by atoms with Crippen LogP contribution in [-0.4, -0.2) is 23.6 Å². The van der Waals surface area contributed by atoms with Gasteiger partial charge in [0.2, 0.25) is 0 Å². The lowest BCUT2D eigenvalue weighted by molar-refractivity contribution is 0.0338. The van der Waals surface area contributed by atoms with Crippen LogP contribution in [0, 0.1) is 12.3 Å². The van der Waals surface area contributed by atoms with Crippen LogP contribution in [0.4, 0.5) is 0 Å². The van der Waals surface area contributed by atoms with E-state index >= 15 is 0 Å². The van der Waals surface area contributed by atoms with Crippen molar-refractivity contribution in [2.75, 3.05) is 6.61 Å². The van der Waals surface area contributed by atoms with Gasteiger partial charge in [-0.2, -0.15) is 0 Å². The molecule has 0 fully saturated rings. The summed E-state index contributed by atoms with van der Waals surface area (Å²) in [6.45, 7) is 6.14. The number of aliphatic hydroxyl groups excluding tert-OH is 1. The third-order valence-corrected chi connectivity index (χ3v) is 3.70. The molecule has 2 rings (SSSR count). The molecule has 18 heavy (non-hydrogen) atoms. The average molecular weight is 248 g/mol. The van der Waals surface area contributed by atoms with Gasteiger partial charge in [-0.25, -0.2) is 0 Å². The quantitative estimate of drug-likeness (QED) is 0.894. The van der Waals surface area contributed by atoms with E-state index in [4.69, 9.17) is 9.84 Å². The molecule has 3 nitrogen and oxygen atoms in total. The molecule has 1 heterocycles. The van der Waals surface area contributed by atoms with Crippen molar-refractivity contribution >= 4 is 5.78 Å². The fourth-order valence-corrected chi connectivity index (χ4v) is 2.32. The minimum absolute atomic E-state index is 0.113. The molecule has 1 aliphatic rings. The van der Waals surface area contributed by atoms with Gasteiger partial charge in [-0.15, -0.1) is 0 Å². The number of hydrogen-bond donors (Lipinski definition) is 1. The lowest BCUT2D eigenvalue weighted by Gasteiger charge is -2.37. The van der Waals surface area contributed by atoms with Gasteiger partial charge in [0.1, 0.15) is 11.9 Å². The maximum absolute atomic E-state index is 12.2. The molecule has 1 aromatic rings. The van der Waals surface area contributed by atoms with Gasteiger partial charge in [-0.3, -0.25) is 4.79 Å². The summed E-state index contributed by atoms with van der Waals surface area (Å²) in [5, 5.41) is 9.09. The van der Waals surface area contributed by atoms with E-state index in [-0.39, 0.29) is 23.9 Å². The molecular formula is C15H20O3. The number of ketones is 1. The Kier molecular flexibility index (Phi) is 3.44. The van der Waals surface area contributed by atoms with Crippen LogP contribution in [0.2, 0.25) is 0 Å². The second kappa shape index (κ2) is 4.73. The normalized spacial score (nSPS) is 19.3. The van der Waals surface area contributed by atoms with Crippen molar-refractivity contribution in [3.8, 4) is 5.75 Å². The zero-order valence-corrected chi connectivity index (χ0v) is 11.2. The fraction of sp³-hybridized carbons (Fsp3) is 0.533. The SMILES string of the molecule is Cc1ccc2c(c1)C(=O)C[C@@H](C(C)(C)CCO)O2. The standard InChI is InChI=1S/C15H20O3/c1-10-4-5-13-11(8-10)12(17)9-14(18-13)15(2,3)6-7-16/h4-5,8,14,16H,6-7,9H2,1-3H3/t14-/m0/s1. The summed E-state index contributed by atoms with van der Waals surface area (Å²) < 4.78 is 5.94. The topological polar surface area (TPSA) is 46.5 Å². The van der Waals surface area contributed by atoms with E-state index in [2.05, 4.69) is 0 Å². The van der Waals surface area contributed by atoms with Gasteiger partial charge in [0.15, 0.2) is 5.78 Å². The highest BCUT2D eigenvalue weighted by atomic mass is 16.5. The molecular weight excluding hydrogens is 228 g/mol. The van der Waals surface area contributed by atoms with Gasteiger partial charge in [0.05, 0.1) is 5.56 Å². The van der Waals surface area contributed by atoms with Crippen molar-refractivity contribution in [1.29, 1.82) is 0 Å². The van der Waals surface area contributed by atoms with Gasteiger partial charge in [-0.05, 0) is 25.5 Å². The number of carbonyl (C=O) groups excluding carboxylic acids is 1. The maximum atomic E-state index is 12.2. The molecule has 0 amide bonds. The molecule has 0 radical (unpaired) electrons. The van der Waals surface area contributed by atoms with E-state index in [0.717, 1.165) is 5.56 Å². The van der Waals surface area contributed by atoms with Crippen molar-refractivity contribution < 1.29 is 14.6 Å². The molecule has 3 heteroatoms. The van der Waals surface area contributed by atoms with Crippen LogP contribution in [0.1, 0.15) is 42.6 Å². The monoisotopic (exact) mass is 248 g/mol. The van der Waals surface area contributed by atoms with E-state index in [1.165, 1.54) is 0 Å². The van der Waals surface area contributed by atoms with E-state index in [1.54, 1.807) is 0 Å². The fourth-order valence-electron chi connectivity index (χ4n) is 2.32. The Bertz CT molecular complexity index is 463. The highest BCUT2D eigenvalue weighted by molar-refractivity contribution is 6.00. The molecule has 0 unspecified atom stereocenters. The van der Waals surface area contributed by atoms with Gasteiger partial charge in [0.25, 0.3) is 0 Å². The first-order valence-electron chi connectivity index (χ1n) is 6.35. The highest BCUT2D eigenvalue weighted by Crippen LogP contribution is 2.37. The molecule has 0 bridgehead atoms. The molecule has 1 N–H and O–H groups in total. The van der Waals surface area contributed by atoms with Crippen LogP contribution in [0.15, 0.2) is 18.2 Å². The predicted molar refractivity (Wildman–Crippen MR) is 70.0 cm³/mol. The highest BCUT2D eigenvalue weighted by Gasteiger charge is 2.37. The number of carbonyl (C=O) groups is 1. The van der Waals surface area contributed by atoms with Crippen molar-refractivity contribution in [3.63, 3.8) is 0 Å². The van der Waals surface area contributed by atoms with Crippen LogP contribution in [0.5, 0.6) is 5.75 Å². The smallest absolute Gasteiger partial charge is 0.170 e. The molecule has 1 aromatic carbocycles. The minimum atomic E-state index is -0.201.